The zero-order valence-corrected chi connectivity index (χ0v) is 17.1. The average Bonchev–Trinajstić information content (AvgIpc) is 3.03. The summed E-state index contributed by atoms with van der Waals surface area (Å²) in [5.74, 6) is -1.44. The second kappa shape index (κ2) is 8.22. The Labute approximate surface area is 179 Å². The van der Waals surface area contributed by atoms with Gasteiger partial charge in [0.15, 0.2) is 0 Å². The number of phenols is 1. The number of imide groups is 1. The van der Waals surface area contributed by atoms with Crippen molar-refractivity contribution in [1.82, 2.24) is 15.1 Å². The molecule has 2 heterocycles. The predicted molar refractivity (Wildman–Crippen MR) is 112 cm³/mol. The summed E-state index contributed by atoms with van der Waals surface area (Å²) in [6, 6.07) is 11.7. The first-order valence-electron chi connectivity index (χ1n) is 10.2. The highest BCUT2D eigenvalue weighted by atomic mass is 16.3. The molecule has 0 spiro atoms. The van der Waals surface area contributed by atoms with Gasteiger partial charge in [0, 0.05) is 24.7 Å². The third kappa shape index (κ3) is 3.88. The first-order chi connectivity index (χ1) is 14.9. The summed E-state index contributed by atoms with van der Waals surface area (Å²) in [5, 5.41) is 12.4. The average molecular weight is 421 g/mol. The second-order valence-corrected chi connectivity index (χ2v) is 7.83. The van der Waals surface area contributed by atoms with Crippen LogP contribution in [0.1, 0.15) is 50.8 Å². The number of carbonyl (C=O) groups is 4. The van der Waals surface area contributed by atoms with Crippen LogP contribution in [0.3, 0.4) is 0 Å². The molecule has 2 aliphatic heterocycles. The largest absolute Gasteiger partial charge is 0.508 e. The predicted octanol–water partition coefficient (Wildman–Crippen LogP) is 1.80. The standard InChI is InChI=1S/C23H23N3O5/c1-14(26-22(30)18-7-2-3-8-19(18)23(26)31)21(29)25-11-9-16(10-12-25)24-20(28)15-5-4-6-17(27)13-15/h2-8,13-14,16,27H,9-12H2,1H3,(H,24,28). The highest BCUT2D eigenvalue weighted by Crippen LogP contribution is 2.25. The van der Waals surface area contributed by atoms with Gasteiger partial charge >= 0.3 is 0 Å². The summed E-state index contributed by atoms with van der Waals surface area (Å²) < 4.78 is 0. The molecule has 1 atom stereocenters. The van der Waals surface area contributed by atoms with Crippen LogP contribution in [0.4, 0.5) is 0 Å². The van der Waals surface area contributed by atoms with Crippen molar-refractivity contribution in [3.05, 3.63) is 65.2 Å². The molecule has 2 N–H and O–H groups in total. The van der Waals surface area contributed by atoms with E-state index in [-0.39, 0.29) is 23.6 Å². The lowest BCUT2D eigenvalue weighted by atomic mass is 10.0. The first kappa shape index (κ1) is 20.6. The number of phenolic OH excluding ortho intramolecular Hbond substituents is 1. The van der Waals surface area contributed by atoms with E-state index in [0.29, 0.717) is 42.6 Å². The highest BCUT2D eigenvalue weighted by molar-refractivity contribution is 6.22. The molecule has 0 bridgehead atoms. The summed E-state index contributed by atoms with van der Waals surface area (Å²) in [6.07, 6.45) is 1.12. The van der Waals surface area contributed by atoms with Crippen LogP contribution in [0.15, 0.2) is 48.5 Å². The minimum atomic E-state index is -0.897. The van der Waals surface area contributed by atoms with E-state index in [1.807, 2.05) is 0 Å². The molecule has 2 aliphatic rings. The summed E-state index contributed by atoms with van der Waals surface area (Å²) in [6.45, 7) is 2.40. The topological polar surface area (TPSA) is 107 Å². The number of benzene rings is 2. The maximum atomic E-state index is 13.0. The van der Waals surface area contributed by atoms with Gasteiger partial charge in [-0.1, -0.05) is 18.2 Å². The minimum absolute atomic E-state index is 0.0233. The number of hydrogen-bond donors (Lipinski definition) is 2. The number of nitrogens with one attached hydrogen (secondary N) is 1. The molecular weight excluding hydrogens is 398 g/mol. The van der Waals surface area contributed by atoms with Gasteiger partial charge in [0.1, 0.15) is 11.8 Å². The van der Waals surface area contributed by atoms with Gasteiger partial charge in [-0.2, -0.15) is 0 Å². The number of hydrogen-bond acceptors (Lipinski definition) is 5. The van der Waals surface area contributed by atoms with E-state index in [2.05, 4.69) is 5.32 Å². The van der Waals surface area contributed by atoms with Crippen molar-refractivity contribution < 1.29 is 24.3 Å². The van der Waals surface area contributed by atoms with Gasteiger partial charge in [0.2, 0.25) is 5.91 Å². The number of amides is 4. The number of aromatic hydroxyl groups is 1. The molecule has 0 aromatic heterocycles. The molecule has 160 valence electrons. The highest BCUT2D eigenvalue weighted by Gasteiger charge is 2.42. The molecule has 8 heteroatoms. The molecule has 4 amide bonds. The Morgan fingerprint density at radius 1 is 1.00 bits per heavy atom. The SMILES string of the molecule is CC(C(=O)N1CCC(NC(=O)c2cccc(O)c2)CC1)N1C(=O)c2ccccc2C1=O. The number of fused-ring (bicyclic) bond motifs is 1. The monoisotopic (exact) mass is 421 g/mol. The minimum Gasteiger partial charge on any atom is -0.508 e. The number of likely N-dealkylation sites (tertiary alicyclic amines) is 1. The Hall–Kier alpha value is -3.68. The van der Waals surface area contributed by atoms with E-state index >= 15 is 0 Å². The van der Waals surface area contributed by atoms with Crippen LogP contribution in [-0.4, -0.2) is 63.7 Å². The van der Waals surface area contributed by atoms with Gasteiger partial charge in [0.05, 0.1) is 11.1 Å². The number of carbonyl (C=O) groups excluding carboxylic acids is 4. The molecule has 1 fully saturated rings. The Bertz CT molecular complexity index is 1020. The molecule has 1 saturated heterocycles. The van der Waals surface area contributed by atoms with Crippen LogP contribution in [0, 0.1) is 0 Å². The Morgan fingerprint density at radius 2 is 1.61 bits per heavy atom. The molecular formula is C23H23N3O5. The van der Waals surface area contributed by atoms with E-state index in [0.717, 1.165) is 4.90 Å². The maximum absolute atomic E-state index is 13.0. The van der Waals surface area contributed by atoms with Crippen LogP contribution in [-0.2, 0) is 4.79 Å². The lowest BCUT2D eigenvalue weighted by molar-refractivity contribution is -0.136. The molecule has 8 nitrogen and oxygen atoms in total. The van der Waals surface area contributed by atoms with Crippen molar-refractivity contribution in [1.29, 1.82) is 0 Å². The van der Waals surface area contributed by atoms with Crippen molar-refractivity contribution >= 4 is 23.6 Å². The van der Waals surface area contributed by atoms with Gasteiger partial charge in [-0.05, 0) is 50.1 Å². The quantitative estimate of drug-likeness (QED) is 0.732. The van der Waals surface area contributed by atoms with Crippen molar-refractivity contribution in [2.24, 2.45) is 0 Å². The van der Waals surface area contributed by atoms with Gasteiger partial charge in [-0.25, -0.2) is 0 Å². The van der Waals surface area contributed by atoms with Crippen molar-refractivity contribution in [3.8, 4) is 5.75 Å². The summed E-state index contributed by atoms with van der Waals surface area (Å²) in [4.78, 5) is 53.3. The Morgan fingerprint density at radius 3 is 2.19 bits per heavy atom. The molecule has 4 rings (SSSR count). The van der Waals surface area contributed by atoms with Crippen molar-refractivity contribution in [3.63, 3.8) is 0 Å². The summed E-state index contributed by atoms with van der Waals surface area (Å²) in [5.41, 5.74) is 1.01. The number of nitrogens with zero attached hydrogens (tertiary/aromatic N) is 2. The Kier molecular flexibility index (Phi) is 5.46. The van der Waals surface area contributed by atoms with Crippen molar-refractivity contribution in [2.75, 3.05) is 13.1 Å². The molecule has 2 aromatic carbocycles. The zero-order chi connectivity index (χ0) is 22.1. The van der Waals surface area contributed by atoms with Gasteiger partial charge in [0.25, 0.3) is 17.7 Å². The van der Waals surface area contributed by atoms with Crippen LogP contribution in [0.5, 0.6) is 5.75 Å². The van der Waals surface area contributed by atoms with Crippen molar-refractivity contribution in [2.45, 2.75) is 31.8 Å². The molecule has 0 saturated carbocycles. The molecule has 0 aliphatic carbocycles. The molecule has 0 radical (unpaired) electrons. The fourth-order valence-corrected chi connectivity index (χ4v) is 4.09. The molecule has 31 heavy (non-hydrogen) atoms. The van der Waals surface area contributed by atoms with Crippen LogP contribution >= 0.6 is 0 Å². The van der Waals surface area contributed by atoms with Crippen LogP contribution < -0.4 is 5.32 Å². The van der Waals surface area contributed by atoms with E-state index in [9.17, 15) is 24.3 Å². The first-order valence-corrected chi connectivity index (χ1v) is 10.2. The lowest BCUT2D eigenvalue weighted by Crippen LogP contribution is -2.53. The summed E-state index contributed by atoms with van der Waals surface area (Å²) >= 11 is 0. The van der Waals surface area contributed by atoms with Gasteiger partial charge < -0.3 is 15.3 Å². The van der Waals surface area contributed by atoms with Crippen LogP contribution in [0.25, 0.3) is 0 Å². The van der Waals surface area contributed by atoms with Gasteiger partial charge in [-0.3, -0.25) is 24.1 Å². The number of piperidine rings is 1. The van der Waals surface area contributed by atoms with E-state index < -0.39 is 17.9 Å². The zero-order valence-electron chi connectivity index (χ0n) is 17.1. The van der Waals surface area contributed by atoms with Crippen LogP contribution in [0.2, 0.25) is 0 Å². The lowest BCUT2D eigenvalue weighted by Gasteiger charge is -2.35. The third-order valence-electron chi connectivity index (χ3n) is 5.82. The van der Waals surface area contributed by atoms with E-state index in [1.54, 1.807) is 48.2 Å². The fraction of sp³-hybridized carbons (Fsp3) is 0.304. The van der Waals surface area contributed by atoms with E-state index in [1.165, 1.54) is 12.1 Å². The third-order valence-corrected chi connectivity index (χ3v) is 5.82. The molecule has 2 aromatic rings. The Balaban J connectivity index is 1.35. The summed E-state index contributed by atoms with van der Waals surface area (Å²) in [7, 11) is 0. The fourth-order valence-electron chi connectivity index (χ4n) is 4.09. The normalized spacial score (nSPS) is 17.5. The number of rotatable bonds is 4. The maximum Gasteiger partial charge on any atom is 0.262 e. The smallest absolute Gasteiger partial charge is 0.262 e. The second-order valence-electron chi connectivity index (χ2n) is 7.83. The van der Waals surface area contributed by atoms with Gasteiger partial charge in [-0.15, -0.1) is 0 Å². The van der Waals surface area contributed by atoms with E-state index in [4.69, 9.17) is 0 Å². The molecule has 1 unspecified atom stereocenters.